The van der Waals surface area contributed by atoms with Crippen molar-refractivity contribution >= 4 is 11.1 Å². The molecule has 90 valence electrons. The molecule has 0 atom stereocenters. The van der Waals surface area contributed by atoms with Crippen LogP contribution in [0.15, 0.2) is 61.7 Å². The first-order valence-electron chi connectivity index (χ1n) is 6.10. The van der Waals surface area contributed by atoms with Gasteiger partial charge in [0.05, 0.1) is 0 Å². The Morgan fingerprint density at radius 2 is 1.33 bits per heavy atom. The highest BCUT2D eigenvalue weighted by molar-refractivity contribution is 5.72. The van der Waals surface area contributed by atoms with E-state index < -0.39 is 0 Å². The van der Waals surface area contributed by atoms with Crippen molar-refractivity contribution < 1.29 is 0 Å². The highest BCUT2D eigenvalue weighted by Gasteiger charge is 2.00. The highest BCUT2D eigenvalue weighted by atomic mass is 14.1. The Morgan fingerprint density at radius 1 is 0.722 bits per heavy atom. The van der Waals surface area contributed by atoms with Crippen LogP contribution in [0.3, 0.4) is 0 Å². The Bertz CT molecular complexity index is 586. The zero-order valence-electron chi connectivity index (χ0n) is 11.0. The van der Waals surface area contributed by atoms with Gasteiger partial charge in [-0.1, -0.05) is 66.8 Å². The molecule has 0 unspecified atom stereocenters. The number of benzene rings is 2. The summed E-state index contributed by atoms with van der Waals surface area (Å²) >= 11 is 0. The first-order chi connectivity index (χ1) is 8.58. The standard InChI is InChI=1S/C18H18/c1-13(2)15-8-10-16(11-9-15)18-7-5-6-17(12-18)14(3)4/h5-12H,1,3H2,2,4H3. The van der Waals surface area contributed by atoms with Crippen molar-refractivity contribution in [2.24, 2.45) is 0 Å². The van der Waals surface area contributed by atoms with Gasteiger partial charge in [0.15, 0.2) is 0 Å². The predicted octanol–water partition coefficient (Wildman–Crippen LogP) is 5.42. The first kappa shape index (κ1) is 12.4. The van der Waals surface area contributed by atoms with Crippen LogP contribution in [0.1, 0.15) is 25.0 Å². The van der Waals surface area contributed by atoms with Crippen molar-refractivity contribution in [3.8, 4) is 11.1 Å². The maximum Gasteiger partial charge on any atom is -0.0178 e. The SMILES string of the molecule is C=C(C)c1ccc(-c2cccc(C(=C)C)c2)cc1. The molecule has 0 aliphatic heterocycles. The first-order valence-corrected chi connectivity index (χ1v) is 6.10. The van der Waals surface area contributed by atoms with Crippen LogP contribution in [-0.2, 0) is 0 Å². The van der Waals surface area contributed by atoms with E-state index in [-0.39, 0.29) is 0 Å². The molecule has 0 aliphatic rings. The zero-order valence-corrected chi connectivity index (χ0v) is 11.0. The van der Waals surface area contributed by atoms with E-state index in [9.17, 15) is 0 Å². The van der Waals surface area contributed by atoms with Crippen molar-refractivity contribution in [1.82, 2.24) is 0 Å². The molecule has 0 aromatic heterocycles. The van der Waals surface area contributed by atoms with Crippen molar-refractivity contribution in [1.29, 1.82) is 0 Å². The average Bonchev–Trinajstić information content (AvgIpc) is 2.39. The number of allylic oxidation sites excluding steroid dienone is 2. The minimum atomic E-state index is 1.09. The van der Waals surface area contributed by atoms with Crippen LogP contribution in [0.4, 0.5) is 0 Å². The molecule has 0 heteroatoms. The van der Waals surface area contributed by atoms with Gasteiger partial charge in [-0.05, 0) is 42.2 Å². The fraction of sp³-hybridized carbons (Fsp3) is 0.111. The van der Waals surface area contributed by atoms with E-state index in [0.29, 0.717) is 0 Å². The number of hydrogen-bond donors (Lipinski definition) is 0. The third kappa shape index (κ3) is 2.60. The quantitative estimate of drug-likeness (QED) is 0.665. The van der Waals surface area contributed by atoms with Gasteiger partial charge in [0.2, 0.25) is 0 Å². The molecule has 0 spiro atoms. The molecule has 2 aromatic rings. The van der Waals surface area contributed by atoms with E-state index in [1.165, 1.54) is 22.3 Å². The average molecular weight is 234 g/mol. The second-order valence-corrected chi connectivity index (χ2v) is 4.72. The fourth-order valence-electron chi connectivity index (χ4n) is 1.91. The van der Waals surface area contributed by atoms with Gasteiger partial charge in [-0.15, -0.1) is 0 Å². The molecule has 0 N–H and O–H groups in total. The molecule has 18 heavy (non-hydrogen) atoms. The fourth-order valence-corrected chi connectivity index (χ4v) is 1.91. The van der Waals surface area contributed by atoms with E-state index >= 15 is 0 Å². The van der Waals surface area contributed by atoms with Crippen LogP contribution in [0.25, 0.3) is 22.3 Å². The molecule has 2 aromatic carbocycles. The molecule has 2 rings (SSSR count). The molecule has 0 amide bonds. The molecule has 0 saturated carbocycles. The Morgan fingerprint density at radius 3 is 1.89 bits per heavy atom. The second kappa shape index (κ2) is 5.05. The molecule has 0 bridgehead atoms. The lowest BCUT2D eigenvalue weighted by Crippen LogP contribution is -1.83. The van der Waals surface area contributed by atoms with Crippen LogP contribution in [0.2, 0.25) is 0 Å². The van der Waals surface area contributed by atoms with Gasteiger partial charge in [0, 0.05) is 0 Å². The molecule has 0 nitrogen and oxygen atoms in total. The summed E-state index contributed by atoms with van der Waals surface area (Å²) in [6.45, 7) is 12.0. The van der Waals surface area contributed by atoms with Gasteiger partial charge in [-0.2, -0.15) is 0 Å². The molecule has 0 heterocycles. The third-order valence-electron chi connectivity index (χ3n) is 3.07. The van der Waals surface area contributed by atoms with Gasteiger partial charge < -0.3 is 0 Å². The summed E-state index contributed by atoms with van der Waals surface area (Å²) in [6, 6.07) is 17.0. The normalized spacial score (nSPS) is 10.1. The minimum Gasteiger partial charge on any atom is -0.0955 e. The summed E-state index contributed by atoms with van der Waals surface area (Å²) in [6.07, 6.45) is 0. The van der Waals surface area contributed by atoms with Crippen LogP contribution in [0, 0.1) is 0 Å². The Labute approximate surface area is 109 Å². The maximum atomic E-state index is 3.99. The summed E-state index contributed by atoms with van der Waals surface area (Å²) in [5.74, 6) is 0. The van der Waals surface area contributed by atoms with Crippen LogP contribution >= 0.6 is 0 Å². The van der Waals surface area contributed by atoms with E-state index in [4.69, 9.17) is 0 Å². The topological polar surface area (TPSA) is 0 Å². The van der Waals surface area contributed by atoms with Crippen molar-refractivity contribution in [2.45, 2.75) is 13.8 Å². The predicted molar refractivity (Wildman–Crippen MR) is 81.3 cm³/mol. The molecule has 0 fully saturated rings. The second-order valence-electron chi connectivity index (χ2n) is 4.72. The molecule has 0 radical (unpaired) electrons. The van der Waals surface area contributed by atoms with Crippen molar-refractivity contribution in [3.63, 3.8) is 0 Å². The zero-order chi connectivity index (χ0) is 13.1. The molecular weight excluding hydrogens is 216 g/mol. The monoisotopic (exact) mass is 234 g/mol. The minimum absolute atomic E-state index is 1.09. The number of rotatable bonds is 3. The Hall–Kier alpha value is -2.08. The maximum absolute atomic E-state index is 3.99. The summed E-state index contributed by atoms with van der Waals surface area (Å²) in [4.78, 5) is 0. The van der Waals surface area contributed by atoms with Gasteiger partial charge in [-0.25, -0.2) is 0 Å². The van der Waals surface area contributed by atoms with Crippen LogP contribution < -0.4 is 0 Å². The lowest BCUT2D eigenvalue weighted by molar-refractivity contribution is 1.53. The van der Waals surface area contributed by atoms with Gasteiger partial charge in [0.25, 0.3) is 0 Å². The lowest BCUT2D eigenvalue weighted by atomic mass is 9.98. The van der Waals surface area contributed by atoms with E-state index in [0.717, 1.165) is 11.1 Å². The third-order valence-corrected chi connectivity index (χ3v) is 3.07. The van der Waals surface area contributed by atoms with Gasteiger partial charge in [-0.3, -0.25) is 0 Å². The molecule has 0 aliphatic carbocycles. The van der Waals surface area contributed by atoms with E-state index in [1.54, 1.807) is 0 Å². The molecular formula is C18H18. The Balaban J connectivity index is 2.39. The lowest BCUT2D eigenvalue weighted by Gasteiger charge is -2.06. The van der Waals surface area contributed by atoms with Crippen LogP contribution in [0.5, 0.6) is 0 Å². The summed E-state index contributed by atoms with van der Waals surface area (Å²) < 4.78 is 0. The summed E-state index contributed by atoms with van der Waals surface area (Å²) in [5.41, 5.74) is 7.02. The van der Waals surface area contributed by atoms with Crippen molar-refractivity contribution in [2.75, 3.05) is 0 Å². The number of hydrogen-bond acceptors (Lipinski definition) is 0. The smallest absolute Gasteiger partial charge is 0.0178 e. The van der Waals surface area contributed by atoms with Gasteiger partial charge in [0.1, 0.15) is 0 Å². The van der Waals surface area contributed by atoms with E-state index in [1.807, 2.05) is 13.8 Å². The van der Waals surface area contributed by atoms with Crippen LogP contribution in [-0.4, -0.2) is 0 Å². The highest BCUT2D eigenvalue weighted by Crippen LogP contribution is 2.24. The van der Waals surface area contributed by atoms with Gasteiger partial charge >= 0.3 is 0 Å². The largest absolute Gasteiger partial charge is 0.0955 e. The molecule has 0 saturated heterocycles. The summed E-state index contributed by atoms with van der Waals surface area (Å²) in [7, 11) is 0. The summed E-state index contributed by atoms with van der Waals surface area (Å²) in [5, 5.41) is 0. The Kier molecular flexibility index (Phi) is 3.47. The van der Waals surface area contributed by atoms with Crippen molar-refractivity contribution in [3.05, 3.63) is 72.8 Å². The van der Waals surface area contributed by atoms with E-state index in [2.05, 4.69) is 61.7 Å².